The molecule has 0 heterocycles. The molecule has 0 aliphatic carbocycles. The average molecular weight is 254 g/mol. The molecule has 18 heavy (non-hydrogen) atoms. The van der Waals surface area contributed by atoms with Gasteiger partial charge in [-0.1, -0.05) is 6.07 Å². The summed E-state index contributed by atoms with van der Waals surface area (Å²) in [6, 6.07) is 4.19. The summed E-state index contributed by atoms with van der Waals surface area (Å²) in [4.78, 5) is 11.2. The third-order valence-electron chi connectivity index (χ3n) is 2.43. The van der Waals surface area contributed by atoms with Crippen LogP contribution in [0.4, 0.5) is 4.39 Å². The number of benzene rings is 1. The van der Waals surface area contributed by atoms with Gasteiger partial charge in [-0.3, -0.25) is 4.79 Å². The molecule has 0 aliphatic heterocycles. The van der Waals surface area contributed by atoms with Gasteiger partial charge in [-0.15, -0.1) is 0 Å². The second-order valence-corrected chi connectivity index (χ2v) is 4.02. The molecular formula is C13H19FN2O2. The van der Waals surface area contributed by atoms with Gasteiger partial charge in [0.15, 0.2) is 0 Å². The van der Waals surface area contributed by atoms with Gasteiger partial charge in [-0.05, 0) is 19.9 Å². The van der Waals surface area contributed by atoms with Crippen molar-refractivity contribution in [3.63, 3.8) is 0 Å². The summed E-state index contributed by atoms with van der Waals surface area (Å²) >= 11 is 0. The van der Waals surface area contributed by atoms with Crippen molar-refractivity contribution in [1.29, 1.82) is 0 Å². The van der Waals surface area contributed by atoms with Crippen molar-refractivity contribution in [3.05, 3.63) is 29.6 Å². The Morgan fingerprint density at radius 1 is 1.56 bits per heavy atom. The van der Waals surface area contributed by atoms with Gasteiger partial charge in [-0.25, -0.2) is 4.39 Å². The maximum atomic E-state index is 13.6. The topological polar surface area (TPSA) is 64.3 Å². The minimum atomic E-state index is -0.388. The lowest BCUT2D eigenvalue weighted by Crippen LogP contribution is -2.24. The molecule has 0 radical (unpaired) electrons. The van der Waals surface area contributed by atoms with Crippen molar-refractivity contribution < 1.29 is 13.9 Å². The number of nitrogens with two attached hydrogens (primary N) is 1. The minimum Gasteiger partial charge on any atom is -0.493 e. The average Bonchev–Trinajstić information content (AvgIpc) is 2.29. The zero-order valence-electron chi connectivity index (χ0n) is 10.7. The summed E-state index contributed by atoms with van der Waals surface area (Å²) in [6.45, 7) is 4.38. The van der Waals surface area contributed by atoms with E-state index < -0.39 is 0 Å². The molecule has 0 fully saturated rings. The van der Waals surface area contributed by atoms with Gasteiger partial charge in [0.1, 0.15) is 11.6 Å². The summed E-state index contributed by atoms with van der Waals surface area (Å²) in [5, 5.41) is 2.66. The number of rotatable bonds is 6. The molecule has 0 unspecified atom stereocenters. The van der Waals surface area contributed by atoms with Crippen molar-refractivity contribution in [2.24, 2.45) is 5.73 Å². The lowest BCUT2D eigenvalue weighted by molar-refractivity contribution is -0.121. The summed E-state index contributed by atoms with van der Waals surface area (Å²) in [5.41, 5.74) is 6.05. The van der Waals surface area contributed by atoms with E-state index in [1.165, 1.54) is 6.07 Å². The van der Waals surface area contributed by atoms with Crippen LogP contribution >= 0.6 is 0 Å². The van der Waals surface area contributed by atoms with E-state index in [-0.39, 0.29) is 30.8 Å². The second-order valence-electron chi connectivity index (χ2n) is 4.02. The molecule has 1 amide bonds. The summed E-state index contributed by atoms with van der Waals surface area (Å²) in [5.74, 6) is -0.0631. The number of hydrogen-bond donors (Lipinski definition) is 2. The molecule has 0 saturated carbocycles. The van der Waals surface area contributed by atoms with Gasteiger partial charge >= 0.3 is 0 Å². The number of halogens is 1. The Morgan fingerprint density at radius 2 is 2.28 bits per heavy atom. The first-order valence-electron chi connectivity index (χ1n) is 5.99. The number of hydrogen-bond acceptors (Lipinski definition) is 3. The fourth-order valence-electron chi connectivity index (χ4n) is 1.51. The molecule has 1 atom stereocenters. The Labute approximate surface area is 106 Å². The second kappa shape index (κ2) is 6.96. The van der Waals surface area contributed by atoms with Crippen LogP contribution in [-0.4, -0.2) is 19.1 Å². The van der Waals surface area contributed by atoms with Crippen LogP contribution in [0.25, 0.3) is 0 Å². The number of nitrogens with one attached hydrogen (secondary N) is 1. The molecule has 5 heteroatoms. The normalized spacial score (nSPS) is 12.0. The lowest BCUT2D eigenvalue weighted by Gasteiger charge is -2.10. The van der Waals surface area contributed by atoms with E-state index >= 15 is 0 Å². The number of ether oxygens (including phenoxy) is 1. The summed E-state index contributed by atoms with van der Waals surface area (Å²) < 4.78 is 18.9. The van der Waals surface area contributed by atoms with E-state index in [9.17, 15) is 9.18 Å². The van der Waals surface area contributed by atoms with E-state index in [0.717, 1.165) is 0 Å². The number of carbonyl (C=O) groups is 1. The highest BCUT2D eigenvalue weighted by Gasteiger charge is 2.08. The van der Waals surface area contributed by atoms with Crippen LogP contribution in [0.15, 0.2) is 18.2 Å². The first-order chi connectivity index (χ1) is 8.54. The van der Waals surface area contributed by atoms with Gasteiger partial charge in [-0.2, -0.15) is 0 Å². The highest BCUT2D eigenvalue weighted by Crippen LogP contribution is 2.20. The SMILES string of the molecule is CCNC(=O)CCOc1ccc([C@@H](C)N)c(F)c1. The summed E-state index contributed by atoms with van der Waals surface area (Å²) in [6.07, 6.45) is 0.254. The van der Waals surface area contributed by atoms with Gasteiger partial charge in [0.05, 0.1) is 13.0 Å². The molecule has 0 saturated heterocycles. The Bertz CT molecular complexity index is 408. The Kier molecular flexibility index (Phi) is 5.58. The quantitative estimate of drug-likeness (QED) is 0.813. The van der Waals surface area contributed by atoms with E-state index in [2.05, 4.69) is 5.32 Å². The van der Waals surface area contributed by atoms with E-state index in [0.29, 0.717) is 17.9 Å². The predicted molar refractivity (Wildman–Crippen MR) is 67.8 cm³/mol. The number of carbonyl (C=O) groups excluding carboxylic acids is 1. The van der Waals surface area contributed by atoms with Crippen molar-refractivity contribution in [2.45, 2.75) is 26.3 Å². The zero-order chi connectivity index (χ0) is 13.5. The van der Waals surface area contributed by atoms with Crippen LogP contribution in [0.2, 0.25) is 0 Å². The zero-order valence-corrected chi connectivity index (χ0v) is 10.7. The Hall–Kier alpha value is -1.62. The van der Waals surface area contributed by atoms with E-state index in [4.69, 9.17) is 10.5 Å². The molecule has 100 valence electrons. The van der Waals surface area contributed by atoms with E-state index in [1.54, 1.807) is 19.1 Å². The van der Waals surface area contributed by atoms with Crippen molar-refractivity contribution >= 4 is 5.91 Å². The first kappa shape index (κ1) is 14.4. The number of amides is 1. The van der Waals surface area contributed by atoms with E-state index in [1.807, 2.05) is 6.92 Å². The van der Waals surface area contributed by atoms with Crippen molar-refractivity contribution in [3.8, 4) is 5.75 Å². The van der Waals surface area contributed by atoms with Crippen LogP contribution in [-0.2, 0) is 4.79 Å². The molecule has 1 aromatic rings. The van der Waals surface area contributed by atoms with Gasteiger partial charge in [0.25, 0.3) is 0 Å². The van der Waals surface area contributed by atoms with Gasteiger partial charge in [0.2, 0.25) is 5.91 Å². The minimum absolute atomic E-state index is 0.0785. The third-order valence-corrected chi connectivity index (χ3v) is 2.43. The largest absolute Gasteiger partial charge is 0.493 e. The van der Waals surface area contributed by atoms with Crippen LogP contribution in [0.1, 0.15) is 31.9 Å². The Morgan fingerprint density at radius 3 is 2.83 bits per heavy atom. The predicted octanol–water partition coefficient (Wildman–Crippen LogP) is 1.75. The van der Waals surface area contributed by atoms with Gasteiger partial charge < -0.3 is 15.8 Å². The molecule has 3 N–H and O–H groups in total. The molecule has 0 spiro atoms. The smallest absolute Gasteiger partial charge is 0.223 e. The highest BCUT2D eigenvalue weighted by molar-refractivity contribution is 5.75. The van der Waals surface area contributed by atoms with Crippen LogP contribution < -0.4 is 15.8 Å². The monoisotopic (exact) mass is 254 g/mol. The molecule has 4 nitrogen and oxygen atoms in total. The van der Waals surface area contributed by atoms with Gasteiger partial charge in [0, 0.05) is 24.2 Å². The standard InChI is InChI=1S/C13H19FN2O2/c1-3-16-13(17)6-7-18-10-4-5-11(9(2)15)12(14)8-10/h4-5,8-9H,3,6-7,15H2,1-2H3,(H,16,17)/t9-/m1/s1. The van der Waals surface area contributed by atoms with Crippen molar-refractivity contribution in [1.82, 2.24) is 5.32 Å². The highest BCUT2D eigenvalue weighted by atomic mass is 19.1. The Balaban J connectivity index is 2.49. The van der Waals surface area contributed by atoms with Crippen LogP contribution in [0, 0.1) is 5.82 Å². The first-order valence-corrected chi connectivity index (χ1v) is 5.99. The fraction of sp³-hybridized carbons (Fsp3) is 0.462. The molecule has 0 aromatic heterocycles. The van der Waals surface area contributed by atoms with Crippen molar-refractivity contribution in [2.75, 3.05) is 13.2 Å². The molecule has 1 aromatic carbocycles. The fourth-order valence-corrected chi connectivity index (χ4v) is 1.51. The molecule has 0 bridgehead atoms. The summed E-state index contributed by atoms with van der Waals surface area (Å²) in [7, 11) is 0. The third kappa shape index (κ3) is 4.33. The maximum Gasteiger partial charge on any atom is 0.223 e. The lowest BCUT2D eigenvalue weighted by atomic mass is 10.1. The van der Waals surface area contributed by atoms with Crippen LogP contribution in [0.5, 0.6) is 5.75 Å². The maximum absolute atomic E-state index is 13.6. The molecule has 1 rings (SSSR count). The van der Waals surface area contributed by atoms with Crippen LogP contribution in [0.3, 0.4) is 0 Å². The molecule has 0 aliphatic rings. The molecular weight excluding hydrogens is 235 g/mol.